The van der Waals surface area contributed by atoms with Crippen LogP contribution in [0.1, 0.15) is 63.5 Å². The standard InChI is InChI=1S/C22H26O4/c1-13(23)25-20-11-15-6-7-17-16(18(15)12-21(20)26-14(2)24)8-10-22(3)9-4-5-19(17)22/h4,9,11-12,16-17,19H,5-8,10H2,1-3H3/t16-,17+,19-,22-/m0/s1. The predicted molar refractivity (Wildman–Crippen MR) is 98.2 cm³/mol. The van der Waals surface area contributed by atoms with E-state index in [2.05, 4.69) is 19.1 Å². The number of fused-ring (bicyclic) bond motifs is 5. The molecule has 0 N–H and O–H groups in total. The molecule has 0 heterocycles. The molecule has 0 aromatic heterocycles. The van der Waals surface area contributed by atoms with Gasteiger partial charge in [0.15, 0.2) is 11.5 Å². The van der Waals surface area contributed by atoms with Crippen LogP contribution in [0.3, 0.4) is 0 Å². The number of ether oxygens (including phenoxy) is 2. The second-order valence-electron chi connectivity index (χ2n) is 8.28. The zero-order chi connectivity index (χ0) is 18.5. The van der Waals surface area contributed by atoms with Crippen LogP contribution < -0.4 is 9.47 Å². The second kappa shape index (κ2) is 6.26. The normalized spacial score (nSPS) is 31.6. The number of allylic oxidation sites excluding steroid dienone is 2. The van der Waals surface area contributed by atoms with Crippen molar-refractivity contribution in [3.8, 4) is 11.5 Å². The summed E-state index contributed by atoms with van der Waals surface area (Å²) in [5.74, 6) is 1.79. The smallest absolute Gasteiger partial charge is 0.308 e. The number of esters is 2. The lowest BCUT2D eigenvalue weighted by Crippen LogP contribution is -2.39. The van der Waals surface area contributed by atoms with Gasteiger partial charge in [-0.05, 0) is 78.5 Å². The summed E-state index contributed by atoms with van der Waals surface area (Å²) in [6, 6.07) is 3.86. The van der Waals surface area contributed by atoms with Crippen molar-refractivity contribution < 1.29 is 19.1 Å². The van der Waals surface area contributed by atoms with E-state index >= 15 is 0 Å². The average Bonchev–Trinajstić information content (AvgIpc) is 2.96. The highest BCUT2D eigenvalue weighted by atomic mass is 16.6. The highest BCUT2D eigenvalue weighted by Crippen LogP contribution is 2.59. The summed E-state index contributed by atoms with van der Waals surface area (Å²) in [6.07, 6.45) is 10.5. The summed E-state index contributed by atoms with van der Waals surface area (Å²) in [4.78, 5) is 23.0. The third-order valence-corrected chi connectivity index (χ3v) is 6.62. The highest BCUT2D eigenvalue weighted by molar-refractivity contribution is 5.74. The molecule has 1 fully saturated rings. The van der Waals surface area contributed by atoms with Crippen LogP contribution in [0.5, 0.6) is 11.5 Å². The minimum absolute atomic E-state index is 0.342. The molecule has 0 aliphatic heterocycles. The van der Waals surface area contributed by atoms with E-state index in [0.29, 0.717) is 34.7 Å². The fourth-order valence-electron chi connectivity index (χ4n) is 5.53. The molecule has 4 atom stereocenters. The molecule has 4 nitrogen and oxygen atoms in total. The van der Waals surface area contributed by atoms with Crippen molar-refractivity contribution in [1.29, 1.82) is 0 Å². The number of carbonyl (C=O) groups excluding carboxylic acids is 2. The number of rotatable bonds is 2. The molecule has 26 heavy (non-hydrogen) atoms. The predicted octanol–water partition coefficient (Wildman–Crippen LogP) is 4.56. The Bertz CT molecular complexity index is 794. The molecule has 1 aromatic rings. The molecule has 0 radical (unpaired) electrons. The molecular weight excluding hydrogens is 328 g/mol. The molecule has 1 aromatic carbocycles. The monoisotopic (exact) mass is 354 g/mol. The fourth-order valence-corrected chi connectivity index (χ4v) is 5.53. The van der Waals surface area contributed by atoms with Crippen LogP contribution in [-0.2, 0) is 16.0 Å². The molecule has 0 amide bonds. The third kappa shape index (κ3) is 2.85. The minimum Gasteiger partial charge on any atom is -0.423 e. The first-order valence-electron chi connectivity index (χ1n) is 9.59. The Labute approximate surface area is 154 Å². The minimum atomic E-state index is -0.405. The van der Waals surface area contributed by atoms with Crippen molar-refractivity contribution in [2.45, 2.75) is 58.8 Å². The molecule has 138 valence electrons. The topological polar surface area (TPSA) is 52.6 Å². The Morgan fingerprint density at radius 1 is 1.08 bits per heavy atom. The van der Waals surface area contributed by atoms with Gasteiger partial charge in [-0.2, -0.15) is 0 Å². The van der Waals surface area contributed by atoms with E-state index in [4.69, 9.17) is 9.47 Å². The van der Waals surface area contributed by atoms with E-state index < -0.39 is 11.9 Å². The largest absolute Gasteiger partial charge is 0.423 e. The molecule has 3 aliphatic rings. The lowest BCUT2D eigenvalue weighted by atomic mass is 9.56. The van der Waals surface area contributed by atoms with Gasteiger partial charge in [-0.1, -0.05) is 19.1 Å². The van der Waals surface area contributed by atoms with E-state index in [1.807, 2.05) is 12.1 Å². The number of aryl methyl sites for hydroxylation is 1. The highest BCUT2D eigenvalue weighted by Gasteiger charge is 2.48. The van der Waals surface area contributed by atoms with Crippen molar-refractivity contribution in [2.24, 2.45) is 17.3 Å². The summed E-state index contributed by atoms with van der Waals surface area (Å²) in [5, 5.41) is 0. The van der Waals surface area contributed by atoms with E-state index in [9.17, 15) is 9.59 Å². The number of benzene rings is 1. The van der Waals surface area contributed by atoms with Crippen molar-refractivity contribution in [2.75, 3.05) is 0 Å². The van der Waals surface area contributed by atoms with E-state index in [1.54, 1.807) is 0 Å². The summed E-state index contributed by atoms with van der Waals surface area (Å²) in [7, 11) is 0. The number of hydrogen-bond donors (Lipinski definition) is 0. The molecule has 4 rings (SSSR count). The van der Waals surface area contributed by atoms with Crippen molar-refractivity contribution in [1.82, 2.24) is 0 Å². The SMILES string of the molecule is CC(=O)Oc1cc2c(cc1OC(C)=O)[C@H]1CC[C@]3(C)C=CC[C@H]3[C@@H]1CC2. The molecule has 4 heteroatoms. The molecule has 0 spiro atoms. The van der Waals surface area contributed by atoms with Gasteiger partial charge in [-0.15, -0.1) is 0 Å². The summed E-state index contributed by atoms with van der Waals surface area (Å²) < 4.78 is 10.7. The summed E-state index contributed by atoms with van der Waals surface area (Å²) in [5.41, 5.74) is 2.85. The van der Waals surface area contributed by atoms with Crippen LogP contribution in [0.4, 0.5) is 0 Å². The van der Waals surface area contributed by atoms with Gasteiger partial charge >= 0.3 is 11.9 Å². The van der Waals surface area contributed by atoms with Gasteiger partial charge in [0, 0.05) is 13.8 Å². The van der Waals surface area contributed by atoms with Crippen LogP contribution in [0.15, 0.2) is 24.3 Å². The molecule has 0 bridgehead atoms. The molecule has 1 saturated carbocycles. The van der Waals surface area contributed by atoms with Crippen molar-refractivity contribution in [3.63, 3.8) is 0 Å². The molecule has 3 aliphatic carbocycles. The Hall–Kier alpha value is -2.10. The Kier molecular flexibility index (Phi) is 4.17. The zero-order valence-electron chi connectivity index (χ0n) is 15.7. The van der Waals surface area contributed by atoms with Gasteiger partial charge in [0.1, 0.15) is 0 Å². The average molecular weight is 354 g/mol. The van der Waals surface area contributed by atoms with Gasteiger partial charge in [-0.3, -0.25) is 9.59 Å². The molecular formula is C22H26O4. The number of carbonyl (C=O) groups is 2. The Morgan fingerprint density at radius 3 is 2.46 bits per heavy atom. The van der Waals surface area contributed by atoms with Gasteiger partial charge in [0.05, 0.1) is 0 Å². The maximum absolute atomic E-state index is 11.5. The summed E-state index contributed by atoms with van der Waals surface area (Å²) in [6.45, 7) is 5.14. The maximum Gasteiger partial charge on any atom is 0.308 e. The van der Waals surface area contributed by atoms with E-state index in [0.717, 1.165) is 12.8 Å². The first-order chi connectivity index (χ1) is 12.4. The van der Waals surface area contributed by atoms with Crippen LogP contribution in [0, 0.1) is 17.3 Å². The maximum atomic E-state index is 11.5. The van der Waals surface area contributed by atoms with Gasteiger partial charge in [0.25, 0.3) is 0 Å². The first kappa shape index (κ1) is 17.3. The van der Waals surface area contributed by atoms with E-state index in [1.165, 1.54) is 44.2 Å². The first-order valence-corrected chi connectivity index (χ1v) is 9.59. The molecule has 0 saturated heterocycles. The van der Waals surface area contributed by atoms with Crippen LogP contribution in [0.2, 0.25) is 0 Å². The lowest BCUT2D eigenvalue weighted by molar-refractivity contribution is -0.134. The van der Waals surface area contributed by atoms with Crippen molar-refractivity contribution >= 4 is 11.9 Å². The molecule has 0 unspecified atom stereocenters. The number of hydrogen-bond acceptors (Lipinski definition) is 4. The Balaban J connectivity index is 1.72. The van der Waals surface area contributed by atoms with Crippen molar-refractivity contribution in [3.05, 3.63) is 35.4 Å². The van der Waals surface area contributed by atoms with Gasteiger partial charge < -0.3 is 9.47 Å². The fraction of sp³-hybridized carbons (Fsp3) is 0.545. The third-order valence-electron chi connectivity index (χ3n) is 6.62. The Morgan fingerprint density at radius 2 is 1.77 bits per heavy atom. The van der Waals surface area contributed by atoms with Crippen LogP contribution >= 0.6 is 0 Å². The van der Waals surface area contributed by atoms with E-state index in [-0.39, 0.29) is 0 Å². The second-order valence-corrected chi connectivity index (χ2v) is 8.28. The quantitative estimate of drug-likeness (QED) is 0.444. The lowest BCUT2D eigenvalue weighted by Gasteiger charge is -2.49. The van der Waals surface area contributed by atoms with Crippen LogP contribution in [-0.4, -0.2) is 11.9 Å². The van der Waals surface area contributed by atoms with Gasteiger partial charge in [-0.25, -0.2) is 0 Å². The van der Waals surface area contributed by atoms with Gasteiger partial charge in [0.2, 0.25) is 0 Å². The zero-order valence-corrected chi connectivity index (χ0v) is 15.7. The van der Waals surface area contributed by atoms with Crippen LogP contribution in [0.25, 0.3) is 0 Å². The summed E-state index contributed by atoms with van der Waals surface area (Å²) >= 11 is 0.